The number of sulfone groups is 1. The van der Waals surface area contributed by atoms with Crippen LogP contribution in [0.1, 0.15) is 6.42 Å². The summed E-state index contributed by atoms with van der Waals surface area (Å²) in [5.41, 5.74) is 0. The lowest BCUT2D eigenvalue weighted by Gasteiger charge is -2.05. The standard InChI is InChI=1S/C6H7ClO4S/c7-5-1-4(2-6(8)9)3-12(5,10)11/h1,4H,2-3H2,(H,8,9)/p-1/t4-/m0/s1. The van der Waals surface area contributed by atoms with Gasteiger partial charge in [-0.3, -0.25) is 0 Å². The first-order chi connectivity index (χ1) is 5.42. The van der Waals surface area contributed by atoms with Crippen LogP contribution in [0.4, 0.5) is 0 Å². The molecule has 0 unspecified atom stereocenters. The molecular weight excluding hydrogens is 204 g/mol. The number of carboxylic acids is 1. The summed E-state index contributed by atoms with van der Waals surface area (Å²) >= 11 is 5.34. The number of carboxylic acid groups (broad SMARTS) is 1. The van der Waals surface area contributed by atoms with E-state index in [1.54, 1.807) is 0 Å². The van der Waals surface area contributed by atoms with E-state index in [0.29, 0.717) is 0 Å². The molecule has 0 aliphatic carbocycles. The van der Waals surface area contributed by atoms with Gasteiger partial charge in [-0.05, 0) is 18.4 Å². The summed E-state index contributed by atoms with van der Waals surface area (Å²) in [6, 6.07) is 0. The van der Waals surface area contributed by atoms with E-state index in [1.807, 2.05) is 0 Å². The molecular formula is C6H6ClO4S-. The van der Waals surface area contributed by atoms with Gasteiger partial charge in [0.05, 0.1) is 5.75 Å². The van der Waals surface area contributed by atoms with Gasteiger partial charge >= 0.3 is 0 Å². The van der Waals surface area contributed by atoms with Crippen LogP contribution in [0.15, 0.2) is 10.4 Å². The molecule has 12 heavy (non-hydrogen) atoms. The van der Waals surface area contributed by atoms with Crippen LogP contribution in [0.3, 0.4) is 0 Å². The SMILES string of the molecule is O=C([O-])C[C@@H]1C=C(Cl)S(=O)(=O)C1. The Bertz CT molecular complexity index is 329. The van der Waals surface area contributed by atoms with Crippen molar-refractivity contribution in [3.05, 3.63) is 10.4 Å². The molecule has 0 fully saturated rings. The number of carbonyl (C=O) groups excluding carboxylic acids is 1. The molecule has 1 heterocycles. The zero-order valence-electron chi connectivity index (χ0n) is 5.99. The average Bonchev–Trinajstić information content (AvgIpc) is 2.04. The quantitative estimate of drug-likeness (QED) is 0.600. The topological polar surface area (TPSA) is 74.3 Å². The molecule has 0 aromatic carbocycles. The van der Waals surface area contributed by atoms with Gasteiger partial charge in [-0.25, -0.2) is 8.42 Å². The van der Waals surface area contributed by atoms with Crippen LogP contribution < -0.4 is 5.11 Å². The number of hydrogen-bond acceptors (Lipinski definition) is 4. The van der Waals surface area contributed by atoms with E-state index in [-0.39, 0.29) is 16.5 Å². The van der Waals surface area contributed by atoms with Crippen LogP contribution >= 0.6 is 11.6 Å². The summed E-state index contributed by atoms with van der Waals surface area (Å²) < 4.78 is 21.6. The Balaban J connectivity index is 2.74. The molecule has 0 aromatic heterocycles. The average molecular weight is 210 g/mol. The number of rotatable bonds is 2. The van der Waals surface area contributed by atoms with Crippen LogP contribution in [-0.4, -0.2) is 20.1 Å². The van der Waals surface area contributed by atoms with Crippen molar-refractivity contribution in [1.29, 1.82) is 0 Å². The van der Waals surface area contributed by atoms with Gasteiger partial charge in [0, 0.05) is 5.97 Å². The summed E-state index contributed by atoms with van der Waals surface area (Å²) in [5.74, 6) is -2.02. The summed E-state index contributed by atoms with van der Waals surface area (Å²) in [6.45, 7) is 0. The molecule has 0 bridgehead atoms. The summed E-state index contributed by atoms with van der Waals surface area (Å²) in [4.78, 5) is 10.1. The first-order valence-corrected chi connectivity index (χ1v) is 5.25. The summed E-state index contributed by atoms with van der Waals surface area (Å²) in [6.07, 6.45) is 0.947. The maximum Gasteiger partial charge on any atom is 0.189 e. The smallest absolute Gasteiger partial charge is 0.189 e. The van der Waals surface area contributed by atoms with Crippen LogP contribution in [0.5, 0.6) is 0 Å². The predicted molar refractivity (Wildman–Crippen MR) is 40.8 cm³/mol. The fraction of sp³-hybridized carbons (Fsp3) is 0.500. The van der Waals surface area contributed by atoms with Crippen LogP contribution in [0, 0.1) is 5.92 Å². The number of aliphatic carboxylic acids is 1. The van der Waals surface area contributed by atoms with Crippen molar-refractivity contribution in [2.24, 2.45) is 5.92 Å². The molecule has 1 aliphatic rings. The van der Waals surface area contributed by atoms with E-state index in [9.17, 15) is 18.3 Å². The van der Waals surface area contributed by atoms with Gasteiger partial charge in [-0.15, -0.1) is 0 Å². The minimum atomic E-state index is -3.38. The summed E-state index contributed by atoms with van der Waals surface area (Å²) in [5, 5.41) is 10.1. The molecule has 0 N–H and O–H groups in total. The second kappa shape index (κ2) is 3.06. The highest BCUT2D eigenvalue weighted by Gasteiger charge is 2.28. The van der Waals surface area contributed by atoms with Gasteiger partial charge in [0.1, 0.15) is 4.36 Å². The lowest BCUT2D eigenvalue weighted by molar-refractivity contribution is -0.306. The molecule has 6 heteroatoms. The van der Waals surface area contributed by atoms with Crippen LogP contribution in [0.2, 0.25) is 0 Å². The van der Waals surface area contributed by atoms with E-state index in [2.05, 4.69) is 0 Å². The van der Waals surface area contributed by atoms with E-state index in [4.69, 9.17) is 11.6 Å². The Labute approximate surface area is 74.8 Å². The molecule has 1 aliphatic heterocycles. The third-order valence-electron chi connectivity index (χ3n) is 1.53. The lowest BCUT2D eigenvalue weighted by atomic mass is 10.1. The molecule has 0 aromatic rings. The lowest BCUT2D eigenvalue weighted by Crippen LogP contribution is -2.25. The maximum atomic E-state index is 10.9. The fourth-order valence-electron chi connectivity index (χ4n) is 1.03. The van der Waals surface area contributed by atoms with Crippen molar-refractivity contribution in [1.82, 2.24) is 0 Å². The van der Waals surface area contributed by atoms with Gasteiger partial charge < -0.3 is 9.90 Å². The second-order valence-corrected chi connectivity index (χ2v) is 5.22. The fourth-order valence-corrected chi connectivity index (χ4v) is 2.73. The van der Waals surface area contributed by atoms with Crippen molar-refractivity contribution >= 4 is 27.4 Å². The number of hydrogen-bond donors (Lipinski definition) is 0. The van der Waals surface area contributed by atoms with Crippen molar-refractivity contribution in [3.63, 3.8) is 0 Å². The molecule has 1 rings (SSSR count). The molecule has 0 saturated carbocycles. The molecule has 4 nitrogen and oxygen atoms in total. The molecule has 0 amide bonds. The highest BCUT2D eigenvalue weighted by molar-refractivity contribution is 7.97. The minimum Gasteiger partial charge on any atom is -0.550 e. The highest BCUT2D eigenvalue weighted by Crippen LogP contribution is 2.27. The van der Waals surface area contributed by atoms with Crippen molar-refractivity contribution in [2.75, 3.05) is 5.75 Å². The normalized spacial score (nSPS) is 26.8. The Hall–Kier alpha value is -0.550. The Morgan fingerprint density at radius 3 is 2.67 bits per heavy atom. The third kappa shape index (κ3) is 1.98. The first-order valence-electron chi connectivity index (χ1n) is 3.22. The predicted octanol–water partition coefficient (Wildman–Crippen LogP) is -0.749. The molecule has 1 atom stereocenters. The van der Waals surface area contributed by atoms with Crippen LogP contribution in [0.25, 0.3) is 0 Å². The maximum absolute atomic E-state index is 10.9. The van der Waals surface area contributed by atoms with Crippen molar-refractivity contribution in [3.8, 4) is 0 Å². The Kier molecular flexibility index (Phi) is 2.44. The monoisotopic (exact) mass is 209 g/mol. The number of carbonyl (C=O) groups is 1. The number of halogens is 1. The zero-order valence-corrected chi connectivity index (χ0v) is 7.56. The largest absolute Gasteiger partial charge is 0.550 e. The third-order valence-corrected chi connectivity index (χ3v) is 3.95. The van der Waals surface area contributed by atoms with Crippen LogP contribution in [-0.2, 0) is 14.6 Å². The van der Waals surface area contributed by atoms with Crippen molar-refractivity contribution < 1.29 is 18.3 Å². The molecule has 0 radical (unpaired) electrons. The van der Waals surface area contributed by atoms with Gasteiger partial charge in [-0.2, -0.15) is 0 Å². The van der Waals surface area contributed by atoms with E-state index in [0.717, 1.165) is 0 Å². The van der Waals surface area contributed by atoms with Gasteiger partial charge in [0.2, 0.25) is 0 Å². The van der Waals surface area contributed by atoms with Crippen molar-refractivity contribution in [2.45, 2.75) is 6.42 Å². The zero-order chi connectivity index (χ0) is 9.35. The molecule has 0 saturated heterocycles. The Morgan fingerprint density at radius 2 is 2.33 bits per heavy atom. The Morgan fingerprint density at radius 1 is 1.75 bits per heavy atom. The van der Waals surface area contributed by atoms with E-state index in [1.165, 1.54) is 6.08 Å². The van der Waals surface area contributed by atoms with Gasteiger partial charge in [0.25, 0.3) is 0 Å². The van der Waals surface area contributed by atoms with E-state index < -0.39 is 21.7 Å². The van der Waals surface area contributed by atoms with Gasteiger partial charge in [0.15, 0.2) is 9.84 Å². The first kappa shape index (κ1) is 9.54. The molecule has 68 valence electrons. The summed E-state index contributed by atoms with van der Waals surface area (Å²) in [7, 11) is -3.38. The minimum absolute atomic E-state index is 0.222. The van der Waals surface area contributed by atoms with E-state index >= 15 is 0 Å². The highest BCUT2D eigenvalue weighted by atomic mass is 35.5. The van der Waals surface area contributed by atoms with Gasteiger partial charge in [-0.1, -0.05) is 11.6 Å². The molecule has 0 spiro atoms. The second-order valence-electron chi connectivity index (χ2n) is 2.59. The number of allylic oxidation sites excluding steroid dienone is 1.